The van der Waals surface area contributed by atoms with Crippen molar-refractivity contribution in [2.75, 3.05) is 4.90 Å². The van der Waals surface area contributed by atoms with Gasteiger partial charge in [-0.25, -0.2) is 4.98 Å². The Labute approximate surface area is 325 Å². The van der Waals surface area contributed by atoms with E-state index in [0.29, 0.717) is 17.3 Å². The minimum absolute atomic E-state index is 0.119. The van der Waals surface area contributed by atoms with Crippen LogP contribution < -0.4 is 32.2 Å². The highest BCUT2D eigenvalue weighted by molar-refractivity contribution is 6.68. The van der Waals surface area contributed by atoms with Gasteiger partial charge in [0.25, 0.3) is 0 Å². The molecule has 0 N–H and O–H groups in total. The van der Waals surface area contributed by atoms with Crippen molar-refractivity contribution >= 4 is 99.7 Å². The van der Waals surface area contributed by atoms with Crippen molar-refractivity contribution in [2.45, 2.75) is 12.3 Å². The van der Waals surface area contributed by atoms with E-state index in [4.69, 9.17) is 54.2 Å². The van der Waals surface area contributed by atoms with Gasteiger partial charge in [-0.2, -0.15) is 9.97 Å². The van der Waals surface area contributed by atoms with Crippen LogP contribution in [0, 0.1) is 0 Å². The van der Waals surface area contributed by atoms with Crippen LogP contribution in [0.2, 0.25) is 0 Å². The van der Waals surface area contributed by atoms with Crippen molar-refractivity contribution in [3.8, 4) is 39.9 Å². The third-order valence-corrected chi connectivity index (χ3v) is 10.8. The van der Waals surface area contributed by atoms with E-state index < -0.39 is 0 Å². The number of aromatic nitrogens is 4. The summed E-state index contributed by atoms with van der Waals surface area (Å²) in [5.41, 5.74) is 10.4. The van der Waals surface area contributed by atoms with E-state index in [0.717, 1.165) is 56.3 Å². The van der Waals surface area contributed by atoms with Crippen LogP contribution in [-0.2, 0) is 0 Å². The van der Waals surface area contributed by atoms with Gasteiger partial charge in [-0.05, 0) is 47.4 Å². The van der Waals surface area contributed by atoms with E-state index in [1.807, 2.05) is 42.5 Å². The van der Waals surface area contributed by atoms with Crippen LogP contribution >= 0.6 is 0 Å². The van der Waals surface area contributed by atoms with Gasteiger partial charge in [-0.1, -0.05) is 126 Å². The molecular weight excluding hydrogens is 665 g/mol. The molecule has 8 aromatic rings. The van der Waals surface area contributed by atoms with Crippen molar-refractivity contribution in [3.63, 3.8) is 0 Å². The van der Waals surface area contributed by atoms with Gasteiger partial charge >= 0.3 is 0 Å². The molecule has 10 heteroatoms. The van der Waals surface area contributed by atoms with Crippen molar-refractivity contribution < 1.29 is 0 Å². The second-order valence-corrected chi connectivity index (χ2v) is 13.9. The molecular formula is C45H26B5N5. The second kappa shape index (κ2) is 12.9. The fraction of sp³-hybridized carbons (Fsp3) is 0.0444. The zero-order chi connectivity index (χ0) is 37.4. The van der Waals surface area contributed by atoms with E-state index >= 15 is 0 Å². The molecule has 0 spiro atoms. The minimum Gasteiger partial charge on any atom is -0.311 e. The summed E-state index contributed by atoms with van der Waals surface area (Å²) in [6.07, 6.45) is 7.50. The summed E-state index contributed by atoms with van der Waals surface area (Å²) >= 11 is 0. The van der Waals surface area contributed by atoms with Gasteiger partial charge in [0.05, 0.1) is 16.7 Å². The number of fused-ring (bicyclic) bond motifs is 7. The predicted molar refractivity (Wildman–Crippen MR) is 231 cm³/mol. The minimum atomic E-state index is 0.119. The van der Waals surface area contributed by atoms with Gasteiger partial charge in [-0.15, -0.1) is 16.4 Å². The molecule has 1 aliphatic carbocycles. The molecule has 0 saturated heterocycles. The summed E-state index contributed by atoms with van der Waals surface area (Å²) in [4.78, 5) is 17.8. The van der Waals surface area contributed by atoms with Crippen molar-refractivity contribution in [2.24, 2.45) is 0 Å². The predicted octanol–water partition coefficient (Wildman–Crippen LogP) is 5.02. The number of allylic oxidation sites excluding steroid dienone is 4. The smallest absolute Gasteiger partial charge is 0.238 e. The van der Waals surface area contributed by atoms with E-state index in [9.17, 15) is 0 Å². The van der Waals surface area contributed by atoms with Crippen molar-refractivity contribution in [3.05, 3.63) is 151 Å². The summed E-state index contributed by atoms with van der Waals surface area (Å²) in [5, 5.41) is 2.13. The van der Waals surface area contributed by atoms with Crippen LogP contribution in [0.4, 0.5) is 11.4 Å². The molecule has 3 heterocycles. The second-order valence-electron chi connectivity index (χ2n) is 13.9. The maximum absolute atomic E-state index is 6.66. The Morgan fingerprint density at radius 2 is 1.16 bits per heavy atom. The van der Waals surface area contributed by atoms with Crippen LogP contribution in [0.15, 0.2) is 145 Å². The van der Waals surface area contributed by atoms with Crippen LogP contribution in [-0.4, -0.2) is 58.8 Å². The Morgan fingerprint density at radius 1 is 0.545 bits per heavy atom. The average molecular weight is 691 g/mol. The standard InChI is InChI=1S/C45H26B5N5/c46-36-35(37(47)39(49)40(50)38(36)48)44-51-43(27-21-19-26(20-22-27)25-11-3-1-4-12-25)52-45(53-44)55-34-18-10-8-16-30(34)32-24-23-31-29-15-7-9-17-33(29)54(41(31)42(32)55)28-13-5-2-6-14-28/h1-14,16-24,29H,15H2. The van der Waals surface area contributed by atoms with Gasteiger partial charge in [-0.3, -0.25) is 4.57 Å². The maximum Gasteiger partial charge on any atom is 0.238 e. The Morgan fingerprint density at radius 3 is 1.91 bits per heavy atom. The molecule has 246 valence electrons. The number of hydrogen-bond acceptors (Lipinski definition) is 4. The molecule has 6 aromatic carbocycles. The summed E-state index contributed by atoms with van der Waals surface area (Å²) in [7, 11) is 32.4. The van der Waals surface area contributed by atoms with Crippen LogP contribution in [0.1, 0.15) is 17.9 Å². The van der Waals surface area contributed by atoms with Crippen LogP contribution in [0.3, 0.4) is 0 Å². The van der Waals surface area contributed by atoms with Crippen molar-refractivity contribution in [1.82, 2.24) is 19.5 Å². The topological polar surface area (TPSA) is 46.8 Å². The first-order valence-corrected chi connectivity index (χ1v) is 18.1. The molecule has 1 atom stereocenters. The first kappa shape index (κ1) is 33.3. The van der Waals surface area contributed by atoms with E-state index in [1.165, 1.54) is 11.3 Å². The summed E-state index contributed by atoms with van der Waals surface area (Å²) < 4.78 is 2.13. The third-order valence-electron chi connectivity index (χ3n) is 10.8. The fourth-order valence-corrected chi connectivity index (χ4v) is 8.14. The third kappa shape index (κ3) is 5.19. The SMILES string of the molecule is [B]c1c([B])c([B])c(-c2nc(-c3ccc(-c4ccccc4)cc3)nc(-n3c4ccccc4c4ccc5c(c43)N(c3ccccc3)C3=CC=CCC35)n2)c([B])c1[B]. The molecule has 55 heavy (non-hydrogen) atoms. The van der Waals surface area contributed by atoms with Gasteiger partial charge in [0.15, 0.2) is 11.6 Å². The maximum atomic E-state index is 6.66. The lowest BCUT2D eigenvalue weighted by molar-refractivity contribution is 0.820. The highest BCUT2D eigenvalue weighted by Crippen LogP contribution is 2.54. The highest BCUT2D eigenvalue weighted by atomic mass is 15.2. The number of hydrogen-bond donors (Lipinski definition) is 0. The average Bonchev–Trinajstić information content (AvgIpc) is 3.76. The summed E-state index contributed by atoms with van der Waals surface area (Å²) in [6.45, 7) is 0. The van der Waals surface area contributed by atoms with Gasteiger partial charge in [0.2, 0.25) is 5.95 Å². The van der Waals surface area contributed by atoms with Gasteiger partial charge in [0.1, 0.15) is 39.2 Å². The molecule has 10 radical (unpaired) electrons. The molecule has 0 amide bonds. The zero-order valence-corrected chi connectivity index (χ0v) is 29.7. The molecule has 0 bridgehead atoms. The number of anilines is 2. The molecule has 1 aliphatic heterocycles. The molecule has 10 rings (SSSR count). The largest absolute Gasteiger partial charge is 0.311 e. The molecule has 2 aliphatic rings. The van der Waals surface area contributed by atoms with E-state index in [1.54, 1.807) is 0 Å². The molecule has 5 nitrogen and oxygen atoms in total. The molecule has 0 saturated carbocycles. The fourth-order valence-electron chi connectivity index (χ4n) is 8.14. The number of para-hydroxylation sites is 2. The van der Waals surface area contributed by atoms with E-state index in [2.05, 4.69) is 107 Å². The molecule has 0 fully saturated rings. The summed E-state index contributed by atoms with van der Waals surface area (Å²) in [5.74, 6) is 1.21. The monoisotopic (exact) mass is 691 g/mol. The Bertz CT molecular complexity index is 2870. The zero-order valence-electron chi connectivity index (χ0n) is 29.7. The van der Waals surface area contributed by atoms with Crippen LogP contribution in [0.25, 0.3) is 61.7 Å². The van der Waals surface area contributed by atoms with Gasteiger partial charge < -0.3 is 4.90 Å². The number of nitrogens with zero attached hydrogens (tertiary/aromatic N) is 5. The first-order chi connectivity index (χ1) is 26.9. The number of benzene rings is 6. The Kier molecular flexibility index (Phi) is 7.84. The lowest BCUT2D eigenvalue weighted by atomic mass is 9.60. The molecule has 2 aromatic heterocycles. The quantitative estimate of drug-likeness (QED) is 0.238. The van der Waals surface area contributed by atoms with E-state index in [-0.39, 0.29) is 39.1 Å². The Balaban J connectivity index is 1.29. The Hall–Kier alpha value is -6.27. The lowest BCUT2D eigenvalue weighted by Crippen LogP contribution is -2.55. The normalized spacial score (nSPS) is 14.7. The lowest BCUT2D eigenvalue weighted by Gasteiger charge is -2.25. The molecule has 1 unspecified atom stereocenters. The van der Waals surface area contributed by atoms with Gasteiger partial charge in [0, 0.05) is 39.2 Å². The summed E-state index contributed by atoms with van der Waals surface area (Å²) in [6, 6.07) is 41.6. The first-order valence-electron chi connectivity index (χ1n) is 18.1. The van der Waals surface area contributed by atoms with Crippen molar-refractivity contribution in [1.29, 1.82) is 0 Å². The number of rotatable bonds is 5. The highest BCUT2D eigenvalue weighted by Gasteiger charge is 2.38. The van der Waals surface area contributed by atoms with Crippen LogP contribution in [0.5, 0.6) is 0 Å².